The van der Waals surface area contributed by atoms with E-state index in [1.54, 1.807) is 24.3 Å². The molecule has 0 radical (unpaired) electrons. The van der Waals surface area contributed by atoms with E-state index in [1.165, 1.54) is 12.1 Å². The first-order valence-electron chi connectivity index (χ1n) is 5.89. The summed E-state index contributed by atoms with van der Waals surface area (Å²) in [6.07, 6.45) is 0. The second kappa shape index (κ2) is 7.02. The van der Waals surface area contributed by atoms with E-state index in [2.05, 4.69) is 5.32 Å². The number of nitrogens with two attached hydrogens (primary N) is 1. The fraction of sp³-hybridized carbons (Fsp3) is 0.0714. The fourth-order valence-corrected chi connectivity index (χ4v) is 2.78. The van der Waals surface area contributed by atoms with E-state index >= 15 is 0 Å². The molecule has 0 unspecified atom stereocenters. The zero-order chi connectivity index (χ0) is 15.4. The smallest absolute Gasteiger partial charge is 0.234 e. The van der Waals surface area contributed by atoms with E-state index in [0.29, 0.717) is 26.3 Å². The Kier molecular flexibility index (Phi) is 5.33. The second-order valence-electron chi connectivity index (χ2n) is 4.12. The molecular formula is C14H11Cl2FN2OS. The highest BCUT2D eigenvalue weighted by atomic mass is 35.5. The Morgan fingerprint density at radius 1 is 1.24 bits per heavy atom. The summed E-state index contributed by atoms with van der Waals surface area (Å²) in [5.41, 5.74) is 6.15. The summed E-state index contributed by atoms with van der Waals surface area (Å²) < 4.78 is 13.6. The van der Waals surface area contributed by atoms with Gasteiger partial charge in [-0.15, -0.1) is 11.8 Å². The van der Waals surface area contributed by atoms with Gasteiger partial charge in [0.1, 0.15) is 5.82 Å². The van der Waals surface area contributed by atoms with Crippen LogP contribution in [-0.4, -0.2) is 11.7 Å². The van der Waals surface area contributed by atoms with E-state index < -0.39 is 5.82 Å². The van der Waals surface area contributed by atoms with Crippen molar-refractivity contribution in [2.45, 2.75) is 4.90 Å². The average Bonchev–Trinajstić information content (AvgIpc) is 2.42. The van der Waals surface area contributed by atoms with Gasteiger partial charge in [0, 0.05) is 10.6 Å². The maximum atomic E-state index is 13.6. The number of nitrogen functional groups attached to an aromatic ring is 1. The van der Waals surface area contributed by atoms with Gasteiger partial charge >= 0.3 is 0 Å². The number of amides is 1. The molecule has 3 N–H and O–H groups in total. The first-order valence-corrected chi connectivity index (χ1v) is 7.63. The van der Waals surface area contributed by atoms with Crippen molar-refractivity contribution in [1.29, 1.82) is 0 Å². The molecule has 0 heterocycles. The lowest BCUT2D eigenvalue weighted by Gasteiger charge is -2.09. The lowest BCUT2D eigenvalue weighted by atomic mass is 10.3. The Bertz CT molecular complexity index is 662. The third-order valence-electron chi connectivity index (χ3n) is 2.54. The van der Waals surface area contributed by atoms with Gasteiger partial charge in [0.25, 0.3) is 0 Å². The van der Waals surface area contributed by atoms with Crippen LogP contribution in [-0.2, 0) is 4.79 Å². The maximum Gasteiger partial charge on any atom is 0.234 e. The van der Waals surface area contributed by atoms with E-state index in [-0.39, 0.29) is 11.7 Å². The average molecular weight is 345 g/mol. The summed E-state index contributed by atoms with van der Waals surface area (Å²) in [6, 6.07) is 9.25. The van der Waals surface area contributed by atoms with Crippen LogP contribution in [0.4, 0.5) is 15.8 Å². The van der Waals surface area contributed by atoms with Gasteiger partial charge in [0.05, 0.1) is 21.5 Å². The lowest BCUT2D eigenvalue weighted by Crippen LogP contribution is -2.14. The number of thioether (sulfide) groups is 1. The van der Waals surface area contributed by atoms with Gasteiger partial charge in [0.15, 0.2) is 0 Å². The number of carbonyl (C=O) groups is 1. The zero-order valence-corrected chi connectivity index (χ0v) is 13.0. The monoisotopic (exact) mass is 344 g/mol. The molecule has 2 aromatic rings. The molecule has 2 rings (SSSR count). The normalized spacial score (nSPS) is 10.4. The van der Waals surface area contributed by atoms with Gasteiger partial charge < -0.3 is 11.1 Å². The minimum Gasteiger partial charge on any atom is -0.399 e. The third-order valence-corrected chi connectivity index (χ3v) is 4.22. The van der Waals surface area contributed by atoms with Gasteiger partial charge in [0.2, 0.25) is 5.91 Å². The molecule has 0 aliphatic carbocycles. The molecule has 0 spiro atoms. The molecule has 0 aliphatic heterocycles. The molecule has 1 amide bonds. The Balaban J connectivity index is 1.99. The minimum absolute atomic E-state index is 0.0301. The summed E-state index contributed by atoms with van der Waals surface area (Å²) in [6.45, 7) is 0. The van der Waals surface area contributed by atoms with Crippen molar-refractivity contribution in [3.63, 3.8) is 0 Å². The van der Waals surface area contributed by atoms with Crippen molar-refractivity contribution < 1.29 is 9.18 Å². The number of halogens is 3. The van der Waals surface area contributed by atoms with E-state index in [1.807, 2.05) is 0 Å². The second-order valence-corrected chi connectivity index (χ2v) is 5.95. The number of hydrogen-bond acceptors (Lipinski definition) is 3. The van der Waals surface area contributed by atoms with Crippen molar-refractivity contribution in [1.82, 2.24) is 0 Å². The van der Waals surface area contributed by atoms with Crippen molar-refractivity contribution in [2.75, 3.05) is 16.8 Å². The Labute approximate surface area is 135 Å². The minimum atomic E-state index is -0.455. The molecule has 21 heavy (non-hydrogen) atoms. The number of para-hydroxylation sites is 1. The largest absolute Gasteiger partial charge is 0.399 e. The Morgan fingerprint density at radius 2 is 1.90 bits per heavy atom. The van der Waals surface area contributed by atoms with Gasteiger partial charge in [-0.2, -0.15) is 0 Å². The quantitative estimate of drug-likeness (QED) is 0.636. The Hall–Kier alpha value is -1.43. The van der Waals surface area contributed by atoms with Crippen LogP contribution in [0.15, 0.2) is 41.3 Å². The van der Waals surface area contributed by atoms with Crippen LogP contribution in [0.3, 0.4) is 0 Å². The number of rotatable bonds is 4. The van der Waals surface area contributed by atoms with Gasteiger partial charge in [-0.1, -0.05) is 29.3 Å². The molecule has 0 bridgehead atoms. The molecule has 3 nitrogen and oxygen atoms in total. The van der Waals surface area contributed by atoms with Crippen molar-refractivity contribution in [3.05, 3.63) is 52.3 Å². The summed E-state index contributed by atoms with van der Waals surface area (Å²) in [5.74, 6) is -0.752. The summed E-state index contributed by atoms with van der Waals surface area (Å²) in [5, 5.41) is 3.30. The first kappa shape index (κ1) is 15.9. The maximum absolute atomic E-state index is 13.6. The van der Waals surface area contributed by atoms with Crippen LogP contribution < -0.4 is 11.1 Å². The van der Waals surface area contributed by atoms with Crippen molar-refractivity contribution >= 4 is 52.2 Å². The summed E-state index contributed by atoms with van der Waals surface area (Å²) in [7, 11) is 0. The molecule has 0 saturated carbocycles. The van der Waals surface area contributed by atoms with E-state index in [9.17, 15) is 9.18 Å². The molecule has 0 aliphatic rings. The van der Waals surface area contributed by atoms with Crippen LogP contribution >= 0.6 is 35.0 Å². The van der Waals surface area contributed by atoms with Crippen LogP contribution in [0.5, 0.6) is 0 Å². The number of benzene rings is 2. The highest BCUT2D eigenvalue weighted by Gasteiger charge is 2.11. The predicted octanol–water partition coefficient (Wildman–Crippen LogP) is 4.45. The topological polar surface area (TPSA) is 55.1 Å². The van der Waals surface area contributed by atoms with E-state index in [0.717, 1.165) is 11.8 Å². The predicted molar refractivity (Wildman–Crippen MR) is 86.6 cm³/mol. The van der Waals surface area contributed by atoms with Crippen molar-refractivity contribution in [2.24, 2.45) is 0 Å². The summed E-state index contributed by atoms with van der Waals surface area (Å²) in [4.78, 5) is 12.2. The van der Waals surface area contributed by atoms with Gasteiger partial charge in [-0.25, -0.2) is 4.39 Å². The standard InChI is InChI=1S/C14H11Cl2FN2OS/c15-9-2-1-3-10(16)14(9)19-13(20)7-21-12-5-4-8(18)6-11(12)17/h1-6H,7,18H2,(H,19,20). The Morgan fingerprint density at radius 3 is 2.52 bits per heavy atom. The van der Waals surface area contributed by atoms with Crippen LogP contribution in [0.1, 0.15) is 0 Å². The third kappa shape index (κ3) is 4.27. The molecule has 0 fully saturated rings. The molecule has 7 heteroatoms. The SMILES string of the molecule is Nc1ccc(SCC(=O)Nc2c(Cl)cccc2Cl)c(F)c1. The summed E-state index contributed by atoms with van der Waals surface area (Å²) >= 11 is 13.0. The molecule has 0 aromatic heterocycles. The first-order chi connectivity index (χ1) is 9.97. The fourth-order valence-electron chi connectivity index (χ4n) is 1.57. The molecule has 110 valence electrons. The van der Waals surface area contributed by atoms with Crippen LogP contribution in [0, 0.1) is 5.82 Å². The molecule has 0 atom stereocenters. The molecule has 2 aromatic carbocycles. The zero-order valence-electron chi connectivity index (χ0n) is 10.7. The van der Waals surface area contributed by atoms with Gasteiger partial charge in [-0.05, 0) is 30.3 Å². The van der Waals surface area contributed by atoms with Crippen LogP contribution in [0.25, 0.3) is 0 Å². The van der Waals surface area contributed by atoms with Gasteiger partial charge in [-0.3, -0.25) is 4.79 Å². The lowest BCUT2D eigenvalue weighted by molar-refractivity contribution is -0.113. The number of hydrogen-bond donors (Lipinski definition) is 2. The van der Waals surface area contributed by atoms with Crippen LogP contribution in [0.2, 0.25) is 10.0 Å². The highest BCUT2D eigenvalue weighted by molar-refractivity contribution is 8.00. The number of nitrogens with one attached hydrogen (secondary N) is 1. The van der Waals surface area contributed by atoms with E-state index in [4.69, 9.17) is 28.9 Å². The highest BCUT2D eigenvalue weighted by Crippen LogP contribution is 2.30. The number of carbonyl (C=O) groups excluding carboxylic acids is 1. The molecular weight excluding hydrogens is 334 g/mol. The molecule has 0 saturated heterocycles. The van der Waals surface area contributed by atoms with Crippen molar-refractivity contribution in [3.8, 4) is 0 Å². The number of anilines is 2.